The summed E-state index contributed by atoms with van der Waals surface area (Å²) in [6.07, 6.45) is 4.45. The van der Waals surface area contributed by atoms with Crippen molar-refractivity contribution >= 4 is 29.0 Å². The first-order valence-corrected chi connectivity index (χ1v) is 9.78. The van der Waals surface area contributed by atoms with E-state index in [2.05, 4.69) is 15.2 Å². The molecule has 0 fully saturated rings. The van der Waals surface area contributed by atoms with Crippen molar-refractivity contribution in [1.82, 2.24) is 24.6 Å². The van der Waals surface area contributed by atoms with Gasteiger partial charge in [-0.15, -0.1) is 21.5 Å². The fraction of sp³-hybridized carbons (Fsp3) is 0.375. The molecular weight excluding hydrogens is 358 g/mol. The van der Waals surface area contributed by atoms with E-state index in [0.29, 0.717) is 30.6 Å². The van der Waals surface area contributed by atoms with Crippen molar-refractivity contribution in [3.8, 4) is 10.8 Å². The van der Waals surface area contributed by atoms with Crippen LogP contribution in [0.5, 0.6) is 0 Å². The van der Waals surface area contributed by atoms with E-state index in [1.807, 2.05) is 42.2 Å². The zero-order valence-electron chi connectivity index (χ0n) is 14.1. The molecule has 3 rings (SSSR count). The third kappa shape index (κ3) is 4.49. The molecule has 0 aromatic carbocycles. The Balaban J connectivity index is 1.62. The van der Waals surface area contributed by atoms with Crippen molar-refractivity contribution in [3.05, 3.63) is 35.8 Å². The Labute approximate surface area is 154 Å². The van der Waals surface area contributed by atoms with Crippen LogP contribution in [0.25, 0.3) is 10.8 Å². The summed E-state index contributed by atoms with van der Waals surface area (Å²) in [4.78, 5) is 19.5. The number of rotatable bonds is 8. The number of thioether (sulfide) groups is 1. The molecule has 3 aromatic heterocycles. The Morgan fingerprint density at radius 2 is 2.32 bits per heavy atom. The van der Waals surface area contributed by atoms with Crippen LogP contribution in [0.1, 0.15) is 19.2 Å². The quantitative estimate of drug-likeness (QED) is 0.562. The topological polar surface area (TPSA) is 77.1 Å². The van der Waals surface area contributed by atoms with Gasteiger partial charge in [0.25, 0.3) is 5.89 Å². The fourth-order valence-corrected chi connectivity index (χ4v) is 3.73. The van der Waals surface area contributed by atoms with Crippen LogP contribution in [0.4, 0.5) is 0 Å². The average Bonchev–Trinajstić information content (AvgIpc) is 3.34. The van der Waals surface area contributed by atoms with E-state index in [4.69, 9.17) is 4.42 Å². The fourth-order valence-electron chi connectivity index (χ4n) is 2.25. The van der Waals surface area contributed by atoms with Gasteiger partial charge in [0, 0.05) is 26.0 Å². The molecule has 1 amide bonds. The summed E-state index contributed by atoms with van der Waals surface area (Å²) in [5.74, 6) is 1.31. The molecule has 0 radical (unpaired) electrons. The molecule has 0 atom stereocenters. The molecule has 7 nitrogen and oxygen atoms in total. The van der Waals surface area contributed by atoms with E-state index in [-0.39, 0.29) is 5.91 Å². The van der Waals surface area contributed by atoms with Crippen LogP contribution in [0, 0.1) is 0 Å². The highest BCUT2D eigenvalue weighted by atomic mass is 32.2. The third-order valence-corrected chi connectivity index (χ3v) is 5.37. The lowest BCUT2D eigenvalue weighted by Crippen LogP contribution is -2.32. The standard InChI is InChI=1S/C16H19N5O2S2/c1-3-7-21(14(22)11-25-16-17-6-8-20(16)2)10-13-18-19-15(23-13)12-5-4-9-24-12/h4-6,8-9H,3,7,10-11H2,1-2H3. The molecule has 9 heteroatoms. The van der Waals surface area contributed by atoms with Gasteiger partial charge in [0.2, 0.25) is 11.8 Å². The molecule has 0 aliphatic carbocycles. The molecule has 0 aliphatic heterocycles. The predicted molar refractivity (Wildman–Crippen MR) is 97.3 cm³/mol. The number of hydrogen-bond acceptors (Lipinski definition) is 7. The van der Waals surface area contributed by atoms with E-state index < -0.39 is 0 Å². The van der Waals surface area contributed by atoms with Gasteiger partial charge in [-0.3, -0.25) is 4.79 Å². The van der Waals surface area contributed by atoms with Crippen molar-refractivity contribution in [3.63, 3.8) is 0 Å². The van der Waals surface area contributed by atoms with Crippen LogP contribution in [-0.2, 0) is 18.4 Å². The van der Waals surface area contributed by atoms with Crippen LogP contribution < -0.4 is 0 Å². The lowest BCUT2D eigenvalue weighted by atomic mass is 10.4. The third-order valence-electron chi connectivity index (χ3n) is 3.47. The molecular formula is C16H19N5O2S2. The predicted octanol–water partition coefficient (Wildman–Crippen LogP) is 3.06. The molecule has 25 heavy (non-hydrogen) atoms. The Bertz CT molecular complexity index is 812. The van der Waals surface area contributed by atoms with Crippen LogP contribution in [-0.4, -0.2) is 42.9 Å². The first-order valence-electron chi connectivity index (χ1n) is 7.91. The van der Waals surface area contributed by atoms with E-state index in [0.717, 1.165) is 16.5 Å². The van der Waals surface area contributed by atoms with Crippen LogP contribution in [0.2, 0.25) is 0 Å². The Morgan fingerprint density at radius 3 is 3.00 bits per heavy atom. The van der Waals surface area contributed by atoms with Gasteiger partial charge in [0.05, 0.1) is 17.2 Å². The molecule has 0 unspecified atom stereocenters. The largest absolute Gasteiger partial charge is 0.418 e. The average molecular weight is 377 g/mol. The minimum Gasteiger partial charge on any atom is -0.418 e. The first kappa shape index (κ1) is 17.7. The number of nitrogens with zero attached hydrogens (tertiary/aromatic N) is 5. The summed E-state index contributed by atoms with van der Waals surface area (Å²) in [6, 6.07) is 3.87. The van der Waals surface area contributed by atoms with E-state index in [9.17, 15) is 4.79 Å². The highest BCUT2D eigenvalue weighted by Crippen LogP contribution is 2.23. The zero-order chi connectivity index (χ0) is 17.6. The molecule has 0 N–H and O–H groups in total. The van der Waals surface area contributed by atoms with Crippen molar-refractivity contribution < 1.29 is 9.21 Å². The van der Waals surface area contributed by atoms with Crippen molar-refractivity contribution in [1.29, 1.82) is 0 Å². The van der Waals surface area contributed by atoms with Gasteiger partial charge in [-0.1, -0.05) is 24.8 Å². The highest BCUT2D eigenvalue weighted by molar-refractivity contribution is 7.99. The van der Waals surface area contributed by atoms with Gasteiger partial charge in [0.15, 0.2) is 5.16 Å². The number of aromatic nitrogens is 4. The minimum atomic E-state index is 0.0331. The normalized spacial score (nSPS) is 11.0. The number of amides is 1. The molecule has 132 valence electrons. The molecule has 3 aromatic rings. The van der Waals surface area contributed by atoms with Gasteiger partial charge in [-0.25, -0.2) is 4.98 Å². The lowest BCUT2D eigenvalue weighted by molar-refractivity contribution is -0.129. The summed E-state index contributed by atoms with van der Waals surface area (Å²) in [5, 5.41) is 10.9. The smallest absolute Gasteiger partial charge is 0.257 e. The number of thiophene rings is 1. The molecule has 0 spiro atoms. The van der Waals surface area contributed by atoms with Crippen LogP contribution >= 0.6 is 23.1 Å². The number of carbonyl (C=O) groups is 1. The maximum atomic E-state index is 12.6. The minimum absolute atomic E-state index is 0.0331. The van der Waals surface area contributed by atoms with E-state index >= 15 is 0 Å². The van der Waals surface area contributed by atoms with Gasteiger partial charge in [-0.2, -0.15) is 0 Å². The molecule has 0 saturated carbocycles. The molecule has 3 heterocycles. The second kappa shape index (κ2) is 8.30. The first-order chi connectivity index (χ1) is 12.2. The molecule has 0 saturated heterocycles. The Hall–Kier alpha value is -2.13. The second-order valence-electron chi connectivity index (χ2n) is 5.40. The summed E-state index contributed by atoms with van der Waals surface area (Å²) < 4.78 is 7.59. The van der Waals surface area contributed by atoms with E-state index in [1.54, 1.807) is 22.4 Å². The monoisotopic (exact) mass is 377 g/mol. The SMILES string of the molecule is CCCN(Cc1nnc(-c2cccs2)o1)C(=O)CSc1nccn1C. The zero-order valence-corrected chi connectivity index (χ0v) is 15.7. The van der Waals surface area contributed by atoms with Gasteiger partial charge in [-0.05, 0) is 17.9 Å². The highest BCUT2D eigenvalue weighted by Gasteiger charge is 2.18. The second-order valence-corrected chi connectivity index (χ2v) is 7.29. The molecule has 0 aliphatic rings. The van der Waals surface area contributed by atoms with Crippen molar-refractivity contribution in [2.45, 2.75) is 25.0 Å². The lowest BCUT2D eigenvalue weighted by Gasteiger charge is -2.19. The number of hydrogen-bond donors (Lipinski definition) is 0. The number of imidazole rings is 1. The van der Waals surface area contributed by atoms with Crippen LogP contribution in [0.3, 0.4) is 0 Å². The van der Waals surface area contributed by atoms with Gasteiger partial charge in [0.1, 0.15) is 0 Å². The maximum absolute atomic E-state index is 12.6. The van der Waals surface area contributed by atoms with E-state index in [1.165, 1.54) is 11.8 Å². The van der Waals surface area contributed by atoms with Crippen molar-refractivity contribution in [2.75, 3.05) is 12.3 Å². The number of carbonyl (C=O) groups excluding carboxylic acids is 1. The summed E-state index contributed by atoms with van der Waals surface area (Å²) in [7, 11) is 1.91. The van der Waals surface area contributed by atoms with Gasteiger partial charge >= 0.3 is 0 Å². The summed E-state index contributed by atoms with van der Waals surface area (Å²) in [6.45, 7) is 3.01. The molecule has 0 bridgehead atoms. The Kier molecular flexibility index (Phi) is 5.87. The summed E-state index contributed by atoms with van der Waals surface area (Å²) >= 11 is 2.97. The summed E-state index contributed by atoms with van der Waals surface area (Å²) in [5.41, 5.74) is 0. The van der Waals surface area contributed by atoms with Crippen LogP contribution in [0.15, 0.2) is 39.5 Å². The van der Waals surface area contributed by atoms with Gasteiger partial charge < -0.3 is 13.9 Å². The maximum Gasteiger partial charge on any atom is 0.257 e. The Morgan fingerprint density at radius 1 is 1.44 bits per heavy atom. The number of aryl methyl sites for hydroxylation is 1. The van der Waals surface area contributed by atoms with Crippen molar-refractivity contribution in [2.24, 2.45) is 7.05 Å².